The van der Waals surface area contributed by atoms with Crippen LogP contribution in [0.4, 0.5) is 0 Å². The molecule has 0 saturated carbocycles. The maximum atomic E-state index is 12.5. The predicted molar refractivity (Wildman–Crippen MR) is 92.3 cm³/mol. The van der Waals surface area contributed by atoms with Gasteiger partial charge < -0.3 is 14.6 Å². The summed E-state index contributed by atoms with van der Waals surface area (Å²) in [5, 5.41) is 3.00. The van der Waals surface area contributed by atoms with E-state index >= 15 is 0 Å². The van der Waals surface area contributed by atoms with Crippen LogP contribution >= 0.6 is 0 Å². The zero-order valence-corrected chi connectivity index (χ0v) is 14.3. The van der Waals surface area contributed by atoms with Gasteiger partial charge in [0.2, 0.25) is 0 Å². The third kappa shape index (κ3) is 3.06. The van der Waals surface area contributed by atoms with E-state index in [4.69, 9.17) is 4.74 Å². The Balaban J connectivity index is 1.88. The van der Waals surface area contributed by atoms with Crippen LogP contribution in [0.5, 0.6) is 0 Å². The van der Waals surface area contributed by atoms with Gasteiger partial charge in [0.1, 0.15) is 5.69 Å². The lowest BCUT2D eigenvalue weighted by Crippen LogP contribution is -2.40. The number of hydrogen-bond donors (Lipinski definition) is 1. The van der Waals surface area contributed by atoms with Gasteiger partial charge in [-0.1, -0.05) is 0 Å². The third-order valence-electron chi connectivity index (χ3n) is 4.57. The summed E-state index contributed by atoms with van der Waals surface area (Å²) in [5.41, 5.74) is 2.30. The van der Waals surface area contributed by atoms with Crippen LogP contribution in [0.2, 0.25) is 0 Å². The molecule has 1 aromatic heterocycles. The number of carbonyl (C=O) groups excluding carboxylic acids is 1. The second-order valence-corrected chi connectivity index (χ2v) is 6.26. The lowest BCUT2D eigenvalue weighted by Gasteiger charge is -2.20. The van der Waals surface area contributed by atoms with Gasteiger partial charge in [-0.2, -0.15) is 0 Å². The van der Waals surface area contributed by atoms with E-state index in [1.54, 1.807) is 29.7 Å². The minimum absolute atomic E-state index is 0.0324. The van der Waals surface area contributed by atoms with Gasteiger partial charge in [0.15, 0.2) is 0 Å². The Labute approximate surface area is 140 Å². The van der Waals surface area contributed by atoms with Crippen molar-refractivity contribution < 1.29 is 9.53 Å². The predicted octanol–water partition coefficient (Wildman–Crippen LogP) is 2.02. The standard InChI is InChI=1S/C18H23N3O3/c1-4-21-15-8-7-13(10-14(15)19-12(3)18(21)23)17(22)20-11(2)16-6-5-9-24-16/h7-8,10-11,16H,4-6,9H2,1-3H3,(H,20,22)/t11-,16+/m1/s1. The number of aryl methyl sites for hydroxylation is 2. The molecule has 0 aliphatic carbocycles. The zero-order chi connectivity index (χ0) is 17.3. The molecule has 1 aliphatic rings. The molecular weight excluding hydrogens is 306 g/mol. The minimum Gasteiger partial charge on any atom is -0.376 e. The highest BCUT2D eigenvalue weighted by Crippen LogP contribution is 2.17. The van der Waals surface area contributed by atoms with Crippen LogP contribution in [0.3, 0.4) is 0 Å². The summed E-state index contributed by atoms with van der Waals surface area (Å²) in [6.45, 7) is 6.91. The van der Waals surface area contributed by atoms with Gasteiger partial charge in [-0.3, -0.25) is 9.59 Å². The molecule has 1 N–H and O–H groups in total. The normalized spacial score (nSPS) is 18.7. The zero-order valence-electron chi connectivity index (χ0n) is 14.3. The van der Waals surface area contributed by atoms with Gasteiger partial charge in [-0.25, -0.2) is 4.98 Å². The van der Waals surface area contributed by atoms with E-state index in [-0.39, 0.29) is 23.6 Å². The molecule has 6 nitrogen and oxygen atoms in total. The van der Waals surface area contributed by atoms with Crippen LogP contribution in [0.1, 0.15) is 42.7 Å². The molecule has 1 amide bonds. The van der Waals surface area contributed by atoms with Gasteiger partial charge >= 0.3 is 0 Å². The van der Waals surface area contributed by atoms with Crippen molar-refractivity contribution >= 4 is 16.9 Å². The van der Waals surface area contributed by atoms with E-state index in [9.17, 15) is 9.59 Å². The number of nitrogens with one attached hydrogen (secondary N) is 1. The van der Waals surface area contributed by atoms with Crippen molar-refractivity contribution in [2.24, 2.45) is 0 Å². The molecule has 3 rings (SSSR count). The molecule has 0 spiro atoms. The summed E-state index contributed by atoms with van der Waals surface area (Å²) >= 11 is 0. The van der Waals surface area contributed by atoms with Gasteiger partial charge in [-0.15, -0.1) is 0 Å². The number of fused-ring (bicyclic) bond motifs is 1. The molecule has 24 heavy (non-hydrogen) atoms. The fourth-order valence-corrected chi connectivity index (χ4v) is 3.21. The van der Waals surface area contributed by atoms with Gasteiger partial charge in [0, 0.05) is 18.7 Å². The number of nitrogens with zero attached hydrogens (tertiary/aromatic N) is 2. The Morgan fingerprint density at radius 1 is 1.50 bits per heavy atom. The summed E-state index contributed by atoms with van der Waals surface area (Å²) in [4.78, 5) is 29.0. The first-order chi connectivity index (χ1) is 11.5. The highest BCUT2D eigenvalue weighted by molar-refractivity contribution is 5.97. The first-order valence-corrected chi connectivity index (χ1v) is 8.45. The maximum absolute atomic E-state index is 12.5. The quantitative estimate of drug-likeness (QED) is 0.931. The maximum Gasteiger partial charge on any atom is 0.272 e. The Morgan fingerprint density at radius 3 is 2.96 bits per heavy atom. The van der Waals surface area contributed by atoms with Crippen molar-refractivity contribution in [3.8, 4) is 0 Å². The van der Waals surface area contributed by atoms with E-state index in [1.807, 2.05) is 13.8 Å². The van der Waals surface area contributed by atoms with Crippen molar-refractivity contribution in [2.45, 2.75) is 52.3 Å². The van der Waals surface area contributed by atoms with E-state index in [0.29, 0.717) is 23.3 Å². The van der Waals surface area contributed by atoms with Gasteiger partial charge in [-0.05, 0) is 51.8 Å². The van der Waals surface area contributed by atoms with Crippen molar-refractivity contribution in [1.82, 2.24) is 14.9 Å². The minimum atomic E-state index is -0.145. The molecule has 2 heterocycles. The molecule has 1 aliphatic heterocycles. The molecule has 0 radical (unpaired) electrons. The van der Waals surface area contributed by atoms with Crippen LogP contribution in [0.15, 0.2) is 23.0 Å². The highest BCUT2D eigenvalue weighted by Gasteiger charge is 2.24. The van der Waals surface area contributed by atoms with Crippen LogP contribution in [0, 0.1) is 6.92 Å². The topological polar surface area (TPSA) is 73.2 Å². The van der Waals surface area contributed by atoms with E-state index in [0.717, 1.165) is 25.0 Å². The molecular formula is C18H23N3O3. The fraction of sp³-hybridized carbons (Fsp3) is 0.500. The van der Waals surface area contributed by atoms with Crippen LogP contribution in [-0.4, -0.2) is 34.2 Å². The largest absolute Gasteiger partial charge is 0.376 e. The first kappa shape index (κ1) is 16.6. The Bertz CT molecular complexity index is 822. The monoisotopic (exact) mass is 329 g/mol. The smallest absolute Gasteiger partial charge is 0.272 e. The number of amides is 1. The Hall–Kier alpha value is -2.21. The molecule has 1 fully saturated rings. The molecule has 2 aromatic rings. The lowest BCUT2D eigenvalue weighted by molar-refractivity contribution is 0.0712. The summed E-state index contributed by atoms with van der Waals surface area (Å²) in [6, 6.07) is 5.24. The number of rotatable bonds is 4. The second kappa shape index (κ2) is 6.73. The second-order valence-electron chi connectivity index (χ2n) is 6.26. The summed E-state index contributed by atoms with van der Waals surface area (Å²) < 4.78 is 7.29. The van der Waals surface area contributed by atoms with Crippen LogP contribution in [-0.2, 0) is 11.3 Å². The summed E-state index contributed by atoms with van der Waals surface area (Å²) in [7, 11) is 0. The van der Waals surface area contributed by atoms with Gasteiger partial charge in [0.25, 0.3) is 11.5 Å². The van der Waals surface area contributed by atoms with Gasteiger partial charge in [0.05, 0.1) is 23.2 Å². The molecule has 0 unspecified atom stereocenters. The number of benzene rings is 1. The van der Waals surface area contributed by atoms with Crippen molar-refractivity contribution in [2.75, 3.05) is 6.61 Å². The molecule has 6 heteroatoms. The van der Waals surface area contributed by atoms with Crippen molar-refractivity contribution in [3.63, 3.8) is 0 Å². The fourth-order valence-electron chi connectivity index (χ4n) is 3.21. The average molecular weight is 329 g/mol. The lowest BCUT2D eigenvalue weighted by atomic mass is 10.1. The first-order valence-electron chi connectivity index (χ1n) is 8.45. The van der Waals surface area contributed by atoms with Crippen LogP contribution < -0.4 is 10.9 Å². The van der Waals surface area contributed by atoms with Crippen molar-refractivity contribution in [3.05, 3.63) is 39.8 Å². The average Bonchev–Trinajstić information content (AvgIpc) is 3.10. The molecule has 128 valence electrons. The molecule has 1 saturated heterocycles. The Kier molecular flexibility index (Phi) is 4.66. The third-order valence-corrected chi connectivity index (χ3v) is 4.57. The van der Waals surface area contributed by atoms with Crippen molar-refractivity contribution in [1.29, 1.82) is 0 Å². The SMILES string of the molecule is CCn1c(=O)c(C)nc2cc(C(=O)N[C@H](C)[C@@H]3CCCO3)ccc21. The van der Waals surface area contributed by atoms with E-state index in [2.05, 4.69) is 10.3 Å². The van der Waals surface area contributed by atoms with Crippen LogP contribution in [0.25, 0.3) is 11.0 Å². The summed E-state index contributed by atoms with van der Waals surface area (Å²) in [6.07, 6.45) is 2.10. The number of hydrogen-bond acceptors (Lipinski definition) is 4. The number of ether oxygens (including phenoxy) is 1. The molecule has 0 bridgehead atoms. The number of carbonyl (C=O) groups is 1. The summed E-state index contributed by atoms with van der Waals surface area (Å²) in [5.74, 6) is -0.145. The van der Waals surface area contributed by atoms with E-state index < -0.39 is 0 Å². The Morgan fingerprint density at radius 2 is 2.29 bits per heavy atom. The van der Waals surface area contributed by atoms with E-state index in [1.165, 1.54) is 0 Å². The molecule has 1 aromatic carbocycles. The highest BCUT2D eigenvalue weighted by atomic mass is 16.5. The number of aromatic nitrogens is 2. The molecule has 2 atom stereocenters.